The van der Waals surface area contributed by atoms with Crippen molar-refractivity contribution in [3.05, 3.63) is 75.4 Å². The number of benzene rings is 2. The topological polar surface area (TPSA) is 89.1 Å². The van der Waals surface area contributed by atoms with Crippen molar-refractivity contribution in [3.8, 4) is 11.6 Å². The van der Waals surface area contributed by atoms with Crippen molar-refractivity contribution < 1.29 is 23.0 Å². The van der Waals surface area contributed by atoms with Crippen molar-refractivity contribution in [1.29, 1.82) is 0 Å². The highest BCUT2D eigenvalue weighted by Crippen LogP contribution is 2.30. The third kappa shape index (κ3) is 4.30. The molecule has 0 fully saturated rings. The Morgan fingerprint density at radius 1 is 1.19 bits per heavy atom. The minimum Gasteiger partial charge on any atom is -0.486 e. The Kier molecular flexibility index (Phi) is 6.11. The average Bonchev–Trinajstić information content (AvgIpc) is 3.16. The number of hydrogen-bond donors (Lipinski definition) is 2. The zero-order chi connectivity index (χ0) is 22.8. The van der Waals surface area contributed by atoms with Gasteiger partial charge in [-0.15, -0.1) is 5.10 Å². The van der Waals surface area contributed by atoms with E-state index in [0.717, 1.165) is 6.07 Å². The number of amides is 1. The van der Waals surface area contributed by atoms with Crippen molar-refractivity contribution in [2.45, 2.75) is 6.61 Å². The largest absolute Gasteiger partial charge is 0.486 e. The number of nitrogens with one attached hydrogen (secondary N) is 2. The number of nitrogens with zero attached hydrogens (tertiary/aromatic N) is 2. The highest BCUT2D eigenvalue weighted by atomic mass is 35.5. The van der Waals surface area contributed by atoms with Gasteiger partial charge in [-0.1, -0.05) is 29.3 Å². The molecule has 0 unspecified atom stereocenters. The summed E-state index contributed by atoms with van der Waals surface area (Å²) in [5.74, 6) is -2.38. The fraction of sp³-hybridized carbons (Fsp3) is 0.0952. The summed E-state index contributed by atoms with van der Waals surface area (Å²) in [6.07, 6.45) is 1.37. The van der Waals surface area contributed by atoms with E-state index in [9.17, 15) is 9.18 Å². The van der Waals surface area contributed by atoms with Crippen LogP contribution in [0.25, 0.3) is 11.0 Å². The number of ether oxygens (including phenoxy) is 2. The van der Waals surface area contributed by atoms with Crippen LogP contribution in [0, 0.1) is 11.6 Å². The summed E-state index contributed by atoms with van der Waals surface area (Å²) >= 11 is 11.8. The third-order valence-corrected chi connectivity index (χ3v) is 5.06. The molecule has 0 bridgehead atoms. The molecule has 0 saturated carbocycles. The number of H-pyrrole nitrogens is 1. The normalized spacial score (nSPS) is 10.9. The number of hydrogen-bond acceptors (Lipinski definition) is 5. The van der Waals surface area contributed by atoms with Crippen LogP contribution in [-0.4, -0.2) is 28.2 Å². The summed E-state index contributed by atoms with van der Waals surface area (Å²) in [4.78, 5) is 16.9. The maximum absolute atomic E-state index is 15.0. The van der Waals surface area contributed by atoms with Gasteiger partial charge < -0.3 is 14.8 Å². The van der Waals surface area contributed by atoms with Crippen LogP contribution >= 0.6 is 23.2 Å². The molecule has 0 saturated heterocycles. The lowest BCUT2D eigenvalue weighted by Crippen LogP contribution is -2.15. The highest BCUT2D eigenvalue weighted by Gasteiger charge is 2.21. The van der Waals surface area contributed by atoms with Gasteiger partial charge in [-0.3, -0.25) is 9.89 Å². The van der Waals surface area contributed by atoms with Crippen LogP contribution in [0.3, 0.4) is 0 Å². The van der Waals surface area contributed by atoms with Crippen LogP contribution in [-0.2, 0) is 6.61 Å². The molecule has 2 heterocycles. The molecule has 2 N–H and O–H groups in total. The fourth-order valence-electron chi connectivity index (χ4n) is 2.95. The number of carbonyl (C=O) groups excluding carboxylic acids is 1. The first-order valence-corrected chi connectivity index (χ1v) is 9.87. The van der Waals surface area contributed by atoms with Gasteiger partial charge in [-0.05, 0) is 30.3 Å². The van der Waals surface area contributed by atoms with E-state index in [1.54, 1.807) is 6.07 Å². The van der Waals surface area contributed by atoms with E-state index in [0.29, 0.717) is 11.0 Å². The molecule has 32 heavy (non-hydrogen) atoms. The highest BCUT2D eigenvalue weighted by molar-refractivity contribution is 6.34. The monoisotopic (exact) mass is 478 g/mol. The van der Waals surface area contributed by atoms with Gasteiger partial charge in [0.05, 0.1) is 35.0 Å². The number of rotatable bonds is 6. The standard InChI is InChI=1S/C21H14Cl2F2N4O3/c1-31-21-13-7-12(8-26-19(13)28-29-21)27-20(30)17-14(23)4-5-16(18(17)25)32-9-10-2-3-11(22)6-15(10)24/h2-8H,9H2,1H3,(H,27,30)(H,26,28,29). The summed E-state index contributed by atoms with van der Waals surface area (Å²) in [7, 11) is 1.44. The molecule has 0 aliphatic rings. The molecule has 2 aromatic heterocycles. The van der Waals surface area contributed by atoms with E-state index in [-0.39, 0.29) is 39.5 Å². The first-order valence-electron chi connectivity index (χ1n) is 9.11. The van der Waals surface area contributed by atoms with E-state index in [4.69, 9.17) is 32.7 Å². The minimum atomic E-state index is -0.987. The van der Waals surface area contributed by atoms with Crippen molar-refractivity contribution in [1.82, 2.24) is 15.2 Å². The van der Waals surface area contributed by atoms with E-state index in [2.05, 4.69) is 20.5 Å². The third-order valence-electron chi connectivity index (χ3n) is 4.51. The van der Waals surface area contributed by atoms with Gasteiger partial charge in [-0.25, -0.2) is 13.8 Å². The molecular weight excluding hydrogens is 465 g/mol. The van der Waals surface area contributed by atoms with Gasteiger partial charge in [-0.2, -0.15) is 0 Å². The van der Waals surface area contributed by atoms with Gasteiger partial charge in [0.1, 0.15) is 12.4 Å². The van der Waals surface area contributed by atoms with Crippen molar-refractivity contribution in [3.63, 3.8) is 0 Å². The fourth-order valence-corrected chi connectivity index (χ4v) is 3.34. The van der Waals surface area contributed by atoms with Crippen LogP contribution in [0.2, 0.25) is 10.0 Å². The van der Waals surface area contributed by atoms with Crippen LogP contribution < -0.4 is 14.8 Å². The minimum absolute atomic E-state index is 0.125. The molecule has 164 valence electrons. The van der Waals surface area contributed by atoms with Crippen LogP contribution in [0.1, 0.15) is 15.9 Å². The van der Waals surface area contributed by atoms with E-state index in [1.165, 1.54) is 37.6 Å². The Morgan fingerprint density at radius 3 is 2.75 bits per heavy atom. The number of pyridine rings is 1. The smallest absolute Gasteiger partial charge is 0.260 e. The van der Waals surface area contributed by atoms with Crippen molar-refractivity contribution in [2.75, 3.05) is 12.4 Å². The van der Waals surface area contributed by atoms with Crippen LogP contribution in [0.15, 0.2) is 42.6 Å². The lowest BCUT2D eigenvalue weighted by Gasteiger charge is -2.13. The summed E-state index contributed by atoms with van der Waals surface area (Å²) in [6.45, 7) is -0.274. The second-order valence-corrected chi connectivity index (χ2v) is 7.41. The number of fused-ring (bicyclic) bond motifs is 1. The zero-order valence-electron chi connectivity index (χ0n) is 16.4. The first kappa shape index (κ1) is 21.8. The summed E-state index contributed by atoms with van der Waals surface area (Å²) in [5.41, 5.74) is 0.462. The van der Waals surface area contributed by atoms with Gasteiger partial charge in [0, 0.05) is 10.6 Å². The van der Waals surface area contributed by atoms with E-state index in [1.807, 2.05) is 0 Å². The Morgan fingerprint density at radius 2 is 2.00 bits per heavy atom. The molecule has 0 atom stereocenters. The van der Waals surface area contributed by atoms with E-state index >= 15 is 4.39 Å². The molecule has 0 aliphatic heterocycles. The van der Waals surface area contributed by atoms with Crippen LogP contribution in [0.4, 0.5) is 14.5 Å². The summed E-state index contributed by atoms with van der Waals surface area (Å²) in [6, 6.07) is 8.17. The number of anilines is 1. The number of aromatic nitrogens is 3. The molecule has 11 heteroatoms. The number of halogens is 4. The number of methoxy groups -OCH3 is 1. The lowest BCUT2D eigenvalue weighted by atomic mass is 10.1. The molecule has 4 aromatic rings. The molecule has 0 aliphatic carbocycles. The lowest BCUT2D eigenvalue weighted by molar-refractivity contribution is 0.102. The summed E-state index contributed by atoms with van der Waals surface area (Å²) < 4.78 is 39.5. The number of carbonyl (C=O) groups is 1. The molecule has 0 radical (unpaired) electrons. The van der Waals surface area contributed by atoms with Gasteiger partial charge >= 0.3 is 0 Å². The molecule has 2 aromatic carbocycles. The number of aromatic amines is 1. The average molecular weight is 479 g/mol. The second-order valence-electron chi connectivity index (χ2n) is 6.57. The molecule has 0 spiro atoms. The predicted molar refractivity (Wildman–Crippen MR) is 116 cm³/mol. The maximum atomic E-state index is 15.0. The molecule has 7 nitrogen and oxygen atoms in total. The quantitative estimate of drug-likeness (QED) is 0.388. The zero-order valence-corrected chi connectivity index (χ0v) is 17.9. The Bertz CT molecular complexity index is 1330. The predicted octanol–water partition coefficient (Wildman–Crippen LogP) is 5.38. The maximum Gasteiger partial charge on any atom is 0.260 e. The van der Waals surface area contributed by atoms with Crippen LogP contribution in [0.5, 0.6) is 11.6 Å². The molecular formula is C21H14Cl2F2N4O3. The van der Waals surface area contributed by atoms with Crippen molar-refractivity contribution >= 4 is 45.8 Å². The Hall–Kier alpha value is -3.43. The Labute approximate surface area is 190 Å². The Balaban J connectivity index is 1.57. The summed E-state index contributed by atoms with van der Waals surface area (Å²) in [5, 5.41) is 9.78. The van der Waals surface area contributed by atoms with Gasteiger partial charge in [0.25, 0.3) is 5.91 Å². The molecule has 4 rings (SSSR count). The SMILES string of the molecule is COc1n[nH]c2ncc(NC(=O)c3c(Cl)ccc(OCc4ccc(Cl)cc4F)c3F)cc12. The van der Waals surface area contributed by atoms with Crippen molar-refractivity contribution in [2.24, 2.45) is 0 Å². The molecule has 1 amide bonds. The first-order chi connectivity index (χ1) is 15.4. The second kappa shape index (κ2) is 8.97. The van der Waals surface area contributed by atoms with E-state index < -0.39 is 23.1 Å². The van der Waals surface area contributed by atoms with Gasteiger partial charge in [0.15, 0.2) is 17.2 Å². The van der Waals surface area contributed by atoms with Gasteiger partial charge in [0.2, 0.25) is 5.88 Å².